The Kier molecular flexibility index (Phi) is 4.11. The van der Waals surface area contributed by atoms with Crippen molar-refractivity contribution in [3.05, 3.63) is 45.6 Å². The maximum Gasteiger partial charge on any atom is 0.269 e. The quantitative estimate of drug-likeness (QED) is 0.841. The van der Waals surface area contributed by atoms with E-state index in [1.165, 1.54) is 4.68 Å². The van der Waals surface area contributed by atoms with E-state index in [0.29, 0.717) is 10.8 Å². The smallest absolute Gasteiger partial charge is 0.269 e. The van der Waals surface area contributed by atoms with Gasteiger partial charge >= 0.3 is 0 Å². The van der Waals surface area contributed by atoms with Gasteiger partial charge in [-0.3, -0.25) is 4.79 Å². The van der Waals surface area contributed by atoms with Gasteiger partial charge in [0.15, 0.2) is 5.15 Å². The van der Waals surface area contributed by atoms with Crippen LogP contribution in [0.1, 0.15) is 12.6 Å². The molecule has 2 aromatic heterocycles. The number of halogens is 1. The maximum absolute atomic E-state index is 11.9. The van der Waals surface area contributed by atoms with Gasteiger partial charge in [-0.2, -0.15) is 10.2 Å². The number of rotatable bonds is 4. The molecule has 0 N–H and O–H groups in total. The average molecular weight is 280 g/mol. The molecule has 0 fully saturated rings. The standard InChI is InChI=1S/C12H14ClN5O/c1-3-17(2)10-6-12(19)18(14-7-10)8-9-4-5-11(13)16-15-9/h4-7H,3,8H2,1-2H3. The molecule has 19 heavy (non-hydrogen) atoms. The first kappa shape index (κ1) is 13.5. The molecule has 0 atom stereocenters. The summed E-state index contributed by atoms with van der Waals surface area (Å²) in [5.41, 5.74) is 1.26. The lowest BCUT2D eigenvalue weighted by atomic mass is 10.4. The second kappa shape index (κ2) is 5.79. The van der Waals surface area contributed by atoms with Crippen LogP contribution in [0.5, 0.6) is 0 Å². The molecule has 0 saturated carbocycles. The Hall–Kier alpha value is -1.95. The summed E-state index contributed by atoms with van der Waals surface area (Å²) in [4.78, 5) is 13.9. The van der Waals surface area contributed by atoms with E-state index in [-0.39, 0.29) is 12.1 Å². The summed E-state index contributed by atoms with van der Waals surface area (Å²) in [5.74, 6) is 0. The Morgan fingerprint density at radius 3 is 2.74 bits per heavy atom. The van der Waals surface area contributed by atoms with E-state index < -0.39 is 0 Å². The van der Waals surface area contributed by atoms with Gasteiger partial charge in [-0.15, -0.1) is 5.10 Å². The molecular formula is C12H14ClN5O. The van der Waals surface area contributed by atoms with Gasteiger partial charge in [-0.1, -0.05) is 11.6 Å². The second-order valence-electron chi connectivity index (χ2n) is 4.07. The normalized spacial score (nSPS) is 10.5. The van der Waals surface area contributed by atoms with E-state index in [4.69, 9.17) is 11.6 Å². The van der Waals surface area contributed by atoms with E-state index in [9.17, 15) is 4.79 Å². The molecule has 0 bridgehead atoms. The maximum atomic E-state index is 11.9. The molecule has 0 saturated heterocycles. The molecule has 6 nitrogen and oxygen atoms in total. The lowest BCUT2D eigenvalue weighted by Gasteiger charge is -2.16. The SMILES string of the molecule is CCN(C)c1cnn(Cc2ccc(Cl)nn2)c(=O)c1. The molecule has 0 amide bonds. The third-order valence-corrected chi connectivity index (χ3v) is 2.97. The number of anilines is 1. The molecular weight excluding hydrogens is 266 g/mol. The molecule has 0 spiro atoms. The Morgan fingerprint density at radius 2 is 2.16 bits per heavy atom. The number of aromatic nitrogens is 4. The van der Waals surface area contributed by atoms with E-state index in [0.717, 1.165) is 12.2 Å². The molecule has 0 aliphatic carbocycles. The molecule has 0 aliphatic heterocycles. The van der Waals surface area contributed by atoms with E-state index >= 15 is 0 Å². The largest absolute Gasteiger partial charge is 0.373 e. The van der Waals surface area contributed by atoms with Crippen LogP contribution in [0.4, 0.5) is 5.69 Å². The van der Waals surface area contributed by atoms with Gasteiger partial charge < -0.3 is 4.90 Å². The fourth-order valence-electron chi connectivity index (χ4n) is 1.52. The first-order chi connectivity index (χ1) is 9.10. The van der Waals surface area contributed by atoms with Gasteiger partial charge in [0.25, 0.3) is 5.56 Å². The number of hydrogen-bond donors (Lipinski definition) is 0. The minimum Gasteiger partial charge on any atom is -0.373 e. The van der Waals surface area contributed by atoms with Crippen LogP contribution in [0.25, 0.3) is 0 Å². The predicted molar refractivity (Wildman–Crippen MR) is 73.6 cm³/mol. The number of nitrogens with zero attached hydrogens (tertiary/aromatic N) is 5. The highest BCUT2D eigenvalue weighted by atomic mass is 35.5. The highest BCUT2D eigenvalue weighted by Crippen LogP contribution is 2.07. The first-order valence-corrected chi connectivity index (χ1v) is 6.24. The van der Waals surface area contributed by atoms with Crippen LogP contribution >= 0.6 is 11.6 Å². The first-order valence-electron chi connectivity index (χ1n) is 5.86. The summed E-state index contributed by atoms with van der Waals surface area (Å²) < 4.78 is 1.34. The van der Waals surface area contributed by atoms with Gasteiger partial charge in [-0.25, -0.2) is 4.68 Å². The van der Waals surface area contributed by atoms with Gasteiger partial charge in [0.1, 0.15) is 0 Å². The predicted octanol–water partition coefficient (Wildman–Crippen LogP) is 1.19. The molecule has 7 heteroatoms. The Labute approximate surface area is 115 Å². The molecule has 2 rings (SSSR count). The van der Waals surface area contributed by atoms with Gasteiger partial charge in [0.2, 0.25) is 0 Å². The van der Waals surface area contributed by atoms with E-state index in [1.54, 1.807) is 24.4 Å². The van der Waals surface area contributed by atoms with Crippen molar-refractivity contribution in [3.63, 3.8) is 0 Å². The summed E-state index contributed by atoms with van der Waals surface area (Å²) in [6.45, 7) is 3.10. The molecule has 0 radical (unpaired) electrons. The lowest BCUT2D eigenvalue weighted by molar-refractivity contribution is 0.620. The number of hydrogen-bond acceptors (Lipinski definition) is 5. The highest BCUT2D eigenvalue weighted by molar-refractivity contribution is 6.29. The van der Waals surface area contributed by atoms with Gasteiger partial charge in [0, 0.05) is 19.7 Å². The van der Waals surface area contributed by atoms with Crippen LogP contribution in [0.2, 0.25) is 5.15 Å². The van der Waals surface area contributed by atoms with Crippen molar-refractivity contribution >= 4 is 17.3 Å². The molecule has 100 valence electrons. The van der Waals surface area contributed by atoms with Crippen LogP contribution in [0.3, 0.4) is 0 Å². The van der Waals surface area contributed by atoms with Gasteiger partial charge in [-0.05, 0) is 19.1 Å². The van der Waals surface area contributed by atoms with Crippen LogP contribution in [-0.4, -0.2) is 33.6 Å². The van der Waals surface area contributed by atoms with Crippen molar-refractivity contribution in [2.24, 2.45) is 0 Å². The fourth-order valence-corrected chi connectivity index (χ4v) is 1.62. The fraction of sp³-hybridized carbons (Fsp3) is 0.333. The zero-order valence-corrected chi connectivity index (χ0v) is 11.5. The molecule has 0 aliphatic rings. The van der Waals surface area contributed by atoms with Crippen molar-refractivity contribution < 1.29 is 0 Å². The van der Waals surface area contributed by atoms with Crippen LogP contribution in [0, 0.1) is 0 Å². The van der Waals surface area contributed by atoms with Crippen molar-refractivity contribution in [2.45, 2.75) is 13.5 Å². The van der Waals surface area contributed by atoms with E-state index in [1.807, 2.05) is 18.9 Å². The van der Waals surface area contributed by atoms with Crippen LogP contribution < -0.4 is 10.5 Å². The zero-order valence-electron chi connectivity index (χ0n) is 10.7. The minimum absolute atomic E-state index is 0.172. The Bertz CT molecular complexity index is 610. The highest BCUT2D eigenvalue weighted by Gasteiger charge is 2.05. The Balaban J connectivity index is 2.22. The molecule has 0 unspecified atom stereocenters. The monoisotopic (exact) mass is 279 g/mol. The van der Waals surface area contributed by atoms with Gasteiger partial charge in [0.05, 0.1) is 24.1 Å². The summed E-state index contributed by atoms with van der Waals surface area (Å²) in [5, 5.41) is 12.1. The topological polar surface area (TPSA) is 63.9 Å². The molecule has 0 aromatic carbocycles. The summed E-state index contributed by atoms with van der Waals surface area (Å²) in [6, 6.07) is 4.91. The summed E-state index contributed by atoms with van der Waals surface area (Å²) >= 11 is 5.65. The van der Waals surface area contributed by atoms with Crippen molar-refractivity contribution in [1.82, 2.24) is 20.0 Å². The lowest BCUT2D eigenvalue weighted by Crippen LogP contribution is -2.26. The third kappa shape index (κ3) is 3.29. The summed E-state index contributed by atoms with van der Waals surface area (Å²) in [6.07, 6.45) is 1.66. The van der Waals surface area contributed by atoms with Crippen molar-refractivity contribution in [3.8, 4) is 0 Å². The third-order valence-electron chi connectivity index (χ3n) is 2.77. The zero-order chi connectivity index (χ0) is 13.8. The van der Waals surface area contributed by atoms with Crippen LogP contribution in [0.15, 0.2) is 29.2 Å². The molecule has 2 aromatic rings. The average Bonchev–Trinajstić information content (AvgIpc) is 2.42. The molecule has 2 heterocycles. The Morgan fingerprint density at radius 1 is 1.37 bits per heavy atom. The van der Waals surface area contributed by atoms with Crippen molar-refractivity contribution in [1.29, 1.82) is 0 Å². The van der Waals surface area contributed by atoms with Crippen molar-refractivity contribution in [2.75, 3.05) is 18.5 Å². The van der Waals surface area contributed by atoms with Crippen LogP contribution in [-0.2, 0) is 6.54 Å². The summed E-state index contributed by atoms with van der Waals surface area (Å²) in [7, 11) is 1.91. The second-order valence-corrected chi connectivity index (χ2v) is 4.46. The van der Waals surface area contributed by atoms with E-state index in [2.05, 4.69) is 15.3 Å². The minimum atomic E-state index is -0.172.